The molecule has 0 bridgehead atoms. The molecule has 1 aliphatic rings. The first-order valence-electron chi connectivity index (χ1n) is 7.44. The van der Waals surface area contributed by atoms with Gasteiger partial charge >= 0.3 is 6.09 Å². The predicted octanol–water partition coefficient (Wildman–Crippen LogP) is 2.45. The Morgan fingerprint density at radius 3 is 2.68 bits per heavy atom. The van der Waals surface area contributed by atoms with Crippen molar-refractivity contribution in [2.24, 2.45) is 0 Å². The molecule has 0 aromatic carbocycles. The van der Waals surface area contributed by atoms with Crippen LogP contribution in [0.1, 0.15) is 33.6 Å². The Morgan fingerprint density at radius 2 is 2.09 bits per heavy atom. The maximum atomic E-state index is 12.9. The predicted molar refractivity (Wildman–Crippen MR) is 81.2 cm³/mol. The normalized spacial score (nSPS) is 18.4. The van der Waals surface area contributed by atoms with E-state index in [9.17, 15) is 9.18 Å². The third kappa shape index (κ3) is 4.29. The number of rotatable bonds is 3. The average Bonchev–Trinajstić information content (AvgIpc) is 2.85. The molecule has 1 aromatic rings. The first-order valence-corrected chi connectivity index (χ1v) is 7.44. The lowest BCUT2D eigenvalue weighted by atomic mass is 10.2. The largest absolute Gasteiger partial charge is 0.444 e. The van der Waals surface area contributed by atoms with Crippen LogP contribution < -0.4 is 4.90 Å². The molecule has 0 spiro atoms. The van der Waals surface area contributed by atoms with Gasteiger partial charge in [0.15, 0.2) is 5.82 Å². The topological polar surface area (TPSA) is 58.6 Å². The van der Waals surface area contributed by atoms with Gasteiger partial charge in [-0.1, -0.05) is 0 Å². The summed E-state index contributed by atoms with van der Waals surface area (Å²) in [6.45, 7) is 6.85. The van der Waals surface area contributed by atoms with Crippen LogP contribution in [-0.4, -0.2) is 52.7 Å². The fraction of sp³-hybridized carbons (Fsp3) is 0.667. The number of halogens is 1. The summed E-state index contributed by atoms with van der Waals surface area (Å²) in [6, 6.07) is 0.0495. The molecule has 2 rings (SSSR count). The van der Waals surface area contributed by atoms with E-state index >= 15 is 0 Å². The number of anilines is 1. The van der Waals surface area contributed by atoms with E-state index in [-0.39, 0.29) is 12.1 Å². The van der Waals surface area contributed by atoms with Crippen LogP contribution >= 0.6 is 0 Å². The minimum Gasteiger partial charge on any atom is -0.444 e. The van der Waals surface area contributed by atoms with Crippen molar-refractivity contribution in [2.75, 3.05) is 25.0 Å². The van der Waals surface area contributed by atoms with Crippen molar-refractivity contribution >= 4 is 12.0 Å². The highest BCUT2D eigenvalue weighted by atomic mass is 19.1. The second-order valence-electron chi connectivity index (χ2n) is 6.55. The number of nitrogens with zero attached hydrogens (tertiary/aromatic N) is 4. The van der Waals surface area contributed by atoms with E-state index in [0.29, 0.717) is 19.0 Å². The lowest BCUT2D eigenvalue weighted by Gasteiger charge is -2.30. The van der Waals surface area contributed by atoms with Crippen LogP contribution in [0.4, 0.5) is 15.1 Å². The highest BCUT2D eigenvalue weighted by molar-refractivity contribution is 5.69. The van der Waals surface area contributed by atoms with Gasteiger partial charge < -0.3 is 14.5 Å². The fourth-order valence-electron chi connectivity index (χ4n) is 2.49. The van der Waals surface area contributed by atoms with Crippen molar-refractivity contribution in [3.63, 3.8) is 0 Å². The quantitative estimate of drug-likeness (QED) is 0.858. The van der Waals surface area contributed by atoms with Gasteiger partial charge in [0.2, 0.25) is 5.95 Å². The number of hydrogen-bond acceptors (Lipinski definition) is 5. The van der Waals surface area contributed by atoms with Crippen LogP contribution in [0.25, 0.3) is 0 Å². The third-order valence-electron chi connectivity index (χ3n) is 3.44. The molecule has 1 atom stereocenters. The molecule has 1 amide bonds. The van der Waals surface area contributed by atoms with E-state index in [0.717, 1.165) is 25.2 Å². The first kappa shape index (κ1) is 16.5. The number of aromatic nitrogens is 2. The molecule has 1 fully saturated rings. The van der Waals surface area contributed by atoms with E-state index in [1.165, 1.54) is 0 Å². The maximum Gasteiger partial charge on any atom is 0.410 e. The van der Waals surface area contributed by atoms with Gasteiger partial charge in [-0.2, -0.15) is 0 Å². The number of amides is 1. The van der Waals surface area contributed by atoms with Gasteiger partial charge in [-0.3, -0.25) is 0 Å². The number of likely N-dealkylation sites (N-methyl/N-ethyl adjacent to an activating group) is 1. The van der Waals surface area contributed by atoms with Crippen LogP contribution in [0.15, 0.2) is 12.4 Å². The van der Waals surface area contributed by atoms with Crippen molar-refractivity contribution < 1.29 is 13.9 Å². The Kier molecular flexibility index (Phi) is 4.83. The molecule has 6 nitrogen and oxygen atoms in total. The Hall–Kier alpha value is -1.92. The summed E-state index contributed by atoms with van der Waals surface area (Å²) < 4.78 is 18.3. The zero-order valence-electron chi connectivity index (χ0n) is 13.5. The highest BCUT2D eigenvalue weighted by Crippen LogP contribution is 2.22. The van der Waals surface area contributed by atoms with Crippen molar-refractivity contribution in [1.29, 1.82) is 0 Å². The zero-order valence-corrected chi connectivity index (χ0v) is 13.5. The molecule has 7 heteroatoms. The Bertz CT molecular complexity index is 515. The molecule has 1 aliphatic heterocycles. The Labute approximate surface area is 130 Å². The molecule has 0 radical (unpaired) electrons. The van der Waals surface area contributed by atoms with Crippen LogP contribution in [0.5, 0.6) is 0 Å². The minimum absolute atomic E-state index is 0.0495. The smallest absolute Gasteiger partial charge is 0.410 e. The standard InChI is InChI=1S/C15H23FN4O2/c1-15(2,3)22-14(21)20-7-5-6-12(20)10-19(4)13-17-8-11(16)9-18-13/h8-9,12H,5-7,10H2,1-4H3/t12-/m1/s1. The number of carbonyl (C=O) groups excluding carboxylic acids is 1. The van der Waals surface area contributed by atoms with Gasteiger partial charge in [-0.15, -0.1) is 0 Å². The van der Waals surface area contributed by atoms with Crippen LogP contribution in [0, 0.1) is 5.82 Å². The summed E-state index contributed by atoms with van der Waals surface area (Å²) in [5, 5.41) is 0. The summed E-state index contributed by atoms with van der Waals surface area (Å²) in [4.78, 5) is 23.7. The van der Waals surface area contributed by atoms with E-state index in [1.807, 2.05) is 32.7 Å². The maximum absolute atomic E-state index is 12.9. The fourth-order valence-corrected chi connectivity index (χ4v) is 2.49. The summed E-state index contributed by atoms with van der Waals surface area (Å²) in [6.07, 6.45) is 3.84. The van der Waals surface area contributed by atoms with Crippen LogP contribution in [0.2, 0.25) is 0 Å². The van der Waals surface area contributed by atoms with Crippen molar-refractivity contribution in [3.8, 4) is 0 Å². The molecular weight excluding hydrogens is 287 g/mol. The van der Waals surface area contributed by atoms with Gasteiger partial charge in [-0.05, 0) is 33.6 Å². The first-order chi connectivity index (χ1) is 10.3. The van der Waals surface area contributed by atoms with Gasteiger partial charge in [0.05, 0.1) is 18.4 Å². The second kappa shape index (κ2) is 6.46. The monoisotopic (exact) mass is 310 g/mol. The Morgan fingerprint density at radius 1 is 1.45 bits per heavy atom. The zero-order chi connectivity index (χ0) is 16.3. The molecule has 2 heterocycles. The summed E-state index contributed by atoms with van der Waals surface area (Å²) in [7, 11) is 1.83. The molecule has 0 saturated carbocycles. The van der Waals surface area contributed by atoms with Crippen LogP contribution in [0.3, 0.4) is 0 Å². The van der Waals surface area contributed by atoms with E-state index in [4.69, 9.17) is 4.74 Å². The SMILES string of the molecule is CN(C[C@H]1CCCN1C(=O)OC(C)(C)C)c1ncc(F)cn1. The highest BCUT2D eigenvalue weighted by Gasteiger charge is 2.33. The molecule has 0 N–H and O–H groups in total. The summed E-state index contributed by atoms with van der Waals surface area (Å²) in [5.41, 5.74) is -0.504. The number of hydrogen-bond donors (Lipinski definition) is 0. The van der Waals surface area contributed by atoms with E-state index in [1.54, 1.807) is 4.90 Å². The molecule has 22 heavy (non-hydrogen) atoms. The summed E-state index contributed by atoms with van der Waals surface area (Å²) >= 11 is 0. The van der Waals surface area contributed by atoms with Gasteiger partial charge in [0.1, 0.15) is 5.60 Å². The van der Waals surface area contributed by atoms with E-state index in [2.05, 4.69) is 9.97 Å². The Balaban J connectivity index is 1.98. The van der Waals surface area contributed by atoms with Crippen molar-refractivity contribution in [3.05, 3.63) is 18.2 Å². The van der Waals surface area contributed by atoms with Crippen molar-refractivity contribution in [1.82, 2.24) is 14.9 Å². The average molecular weight is 310 g/mol. The molecule has 0 aliphatic carbocycles. The number of ether oxygens (including phenoxy) is 1. The summed E-state index contributed by atoms with van der Waals surface area (Å²) in [5.74, 6) is -0.0224. The molecular formula is C15H23FN4O2. The minimum atomic E-state index is -0.504. The lowest BCUT2D eigenvalue weighted by molar-refractivity contribution is 0.0231. The van der Waals surface area contributed by atoms with Crippen molar-refractivity contribution in [2.45, 2.75) is 45.3 Å². The second-order valence-corrected chi connectivity index (χ2v) is 6.55. The van der Waals surface area contributed by atoms with Gasteiger partial charge in [0.25, 0.3) is 0 Å². The van der Waals surface area contributed by atoms with Gasteiger partial charge in [0, 0.05) is 20.1 Å². The van der Waals surface area contributed by atoms with Crippen LogP contribution in [-0.2, 0) is 4.74 Å². The molecule has 1 saturated heterocycles. The van der Waals surface area contributed by atoms with E-state index < -0.39 is 11.4 Å². The third-order valence-corrected chi connectivity index (χ3v) is 3.44. The molecule has 122 valence electrons. The number of likely N-dealkylation sites (tertiary alicyclic amines) is 1. The number of carbonyl (C=O) groups is 1. The molecule has 1 aromatic heterocycles. The lowest BCUT2D eigenvalue weighted by Crippen LogP contribution is -2.44. The molecule has 0 unspecified atom stereocenters. The van der Waals surface area contributed by atoms with Gasteiger partial charge in [-0.25, -0.2) is 19.2 Å².